The van der Waals surface area contributed by atoms with Crippen LogP contribution in [0.3, 0.4) is 0 Å². The number of hydrogen-bond acceptors (Lipinski definition) is 5. The highest BCUT2D eigenvalue weighted by molar-refractivity contribution is 5.99. The Bertz CT molecular complexity index is 674. The number of aliphatic hydroxyl groups is 1. The fourth-order valence-corrected chi connectivity index (χ4v) is 3.42. The molecular weight excluding hydrogens is 348 g/mol. The van der Waals surface area contributed by atoms with E-state index in [9.17, 15) is 14.7 Å². The van der Waals surface area contributed by atoms with Crippen molar-refractivity contribution in [1.82, 2.24) is 10.2 Å². The van der Waals surface area contributed by atoms with E-state index in [1.807, 2.05) is 0 Å². The van der Waals surface area contributed by atoms with Crippen LogP contribution in [-0.4, -0.2) is 67.9 Å². The molecule has 8 nitrogen and oxygen atoms in total. The lowest BCUT2D eigenvalue weighted by atomic mass is 10.2. The Kier molecular flexibility index (Phi) is 6.52. The number of nitrogens with one attached hydrogen (secondary N) is 2. The molecule has 2 aliphatic heterocycles. The van der Waals surface area contributed by atoms with Crippen LogP contribution in [0.1, 0.15) is 25.7 Å². The number of likely N-dealkylation sites (N-methyl/N-ethyl adjacent to an activating group) is 1. The summed E-state index contributed by atoms with van der Waals surface area (Å²) in [6.45, 7) is 2.79. The fourth-order valence-electron chi connectivity index (χ4n) is 3.42. The normalized spacial score (nSPS) is 18.9. The van der Waals surface area contributed by atoms with Crippen LogP contribution in [0.15, 0.2) is 18.2 Å². The molecule has 2 heterocycles. The number of hydrogen-bond donors (Lipinski definition) is 3. The predicted molar refractivity (Wildman–Crippen MR) is 103 cm³/mol. The highest BCUT2D eigenvalue weighted by Crippen LogP contribution is 2.33. The van der Waals surface area contributed by atoms with Crippen LogP contribution in [0, 0.1) is 0 Å². The zero-order chi connectivity index (χ0) is 19.2. The Morgan fingerprint density at radius 2 is 2.00 bits per heavy atom. The molecule has 1 fully saturated rings. The minimum absolute atomic E-state index is 0.0195. The Labute approximate surface area is 159 Å². The van der Waals surface area contributed by atoms with Gasteiger partial charge in [0.1, 0.15) is 5.75 Å². The van der Waals surface area contributed by atoms with Crippen LogP contribution >= 0.6 is 0 Å². The summed E-state index contributed by atoms with van der Waals surface area (Å²) in [6, 6.07) is 4.74. The van der Waals surface area contributed by atoms with Crippen LogP contribution in [0.2, 0.25) is 0 Å². The van der Waals surface area contributed by atoms with Crippen molar-refractivity contribution in [2.24, 2.45) is 0 Å². The number of amides is 3. The molecule has 3 amide bonds. The Balaban J connectivity index is 1.47. The molecule has 0 bridgehead atoms. The molecule has 8 heteroatoms. The van der Waals surface area contributed by atoms with Gasteiger partial charge in [0.25, 0.3) is 5.91 Å². The van der Waals surface area contributed by atoms with Gasteiger partial charge in [0.05, 0.1) is 11.8 Å². The van der Waals surface area contributed by atoms with E-state index in [1.54, 1.807) is 25.2 Å². The molecule has 1 atom stereocenters. The molecule has 0 spiro atoms. The van der Waals surface area contributed by atoms with Crippen molar-refractivity contribution in [3.8, 4) is 5.75 Å². The van der Waals surface area contributed by atoms with E-state index in [2.05, 4.69) is 15.5 Å². The zero-order valence-corrected chi connectivity index (χ0v) is 15.7. The monoisotopic (exact) mass is 376 g/mol. The predicted octanol–water partition coefficient (Wildman–Crippen LogP) is 1.40. The van der Waals surface area contributed by atoms with E-state index in [-0.39, 0.29) is 19.1 Å². The molecule has 3 N–H and O–H groups in total. The summed E-state index contributed by atoms with van der Waals surface area (Å²) in [7, 11) is 1.67. The molecule has 1 aromatic carbocycles. The fraction of sp³-hybridized carbons (Fsp3) is 0.579. The van der Waals surface area contributed by atoms with Crippen molar-refractivity contribution in [2.45, 2.75) is 31.8 Å². The number of carbonyl (C=O) groups excluding carboxylic acids is 2. The molecule has 1 aromatic rings. The second kappa shape index (κ2) is 9.05. The van der Waals surface area contributed by atoms with E-state index >= 15 is 0 Å². The van der Waals surface area contributed by atoms with Crippen molar-refractivity contribution in [1.29, 1.82) is 0 Å². The third-order valence-electron chi connectivity index (χ3n) is 4.97. The van der Waals surface area contributed by atoms with Crippen LogP contribution in [0.4, 0.5) is 16.2 Å². The SMILES string of the molecule is CN1C(=O)COc2ccc(NC(=O)NC[C@@H](O)CN3CCCCCC3)cc21. The number of aliphatic hydroxyl groups excluding tert-OH is 1. The minimum Gasteiger partial charge on any atom is -0.482 e. The van der Waals surface area contributed by atoms with Gasteiger partial charge >= 0.3 is 6.03 Å². The summed E-state index contributed by atoms with van der Waals surface area (Å²) in [4.78, 5) is 27.6. The van der Waals surface area contributed by atoms with E-state index in [0.29, 0.717) is 23.7 Å². The van der Waals surface area contributed by atoms with Crippen molar-refractivity contribution >= 4 is 23.3 Å². The van der Waals surface area contributed by atoms with E-state index < -0.39 is 12.1 Å². The molecule has 0 aliphatic carbocycles. The number of anilines is 2. The van der Waals surface area contributed by atoms with E-state index in [1.165, 1.54) is 30.6 Å². The number of carbonyl (C=O) groups is 2. The molecule has 2 aliphatic rings. The van der Waals surface area contributed by atoms with E-state index in [0.717, 1.165) is 13.1 Å². The summed E-state index contributed by atoms with van der Waals surface area (Å²) < 4.78 is 5.37. The van der Waals surface area contributed by atoms with Gasteiger partial charge in [-0.1, -0.05) is 12.8 Å². The second-order valence-electron chi connectivity index (χ2n) is 7.13. The number of benzene rings is 1. The first-order valence-corrected chi connectivity index (χ1v) is 9.51. The molecule has 0 unspecified atom stereocenters. The summed E-state index contributed by atoms with van der Waals surface area (Å²) in [5, 5.41) is 15.6. The van der Waals surface area contributed by atoms with Crippen molar-refractivity contribution in [3.63, 3.8) is 0 Å². The number of urea groups is 1. The van der Waals surface area contributed by atoms with Gasteiger partial charge < -0.3 is 30.3 Å². The average molecular weight is 376 g/mol. The van der Waals surface area contributed by atoms with Gasteiger partial charge in [0.15, 0.2) is 6.61 Å². The lowest BCUT2D eigenvalue weighted by molar-refractivity contribution is -0.120. The molecule has 0 saturated carbocycles. The summed E-state index contributed by atoms with van der Waals surface area (Å²) in [5.74, 6) is 0.469. The second-order valence-corrected chi connectivity index (χ2v) is 7.13. The van der Waals surface area contributed by atoms with Crippen LogP contribution in [-0.2, 0) is 4.79 Å². The zero-order valence-electron chi connectivity index (χ0n) is 15.7. The standard InChI is InChI=1S/C19H28N4O4/c1-22-16-10-14(6-7-17(16)27-13-18(22)25)21-19(26)20-11-15(24)12-23-8-4-2-3-5-9-23/h6-7,10,15,24H,2-5,8-9,11-13H2,1H3,(H2,20,21,26)/t15-/m1/s1. The van der Waals surface area contributed by atoms with Gasteiger partial charge in [0, 0.05) is 25.8 Å². The maximum atomic E-state index is 12.1. The van der Waals surface area contributed by atoms with Gasteiger partial charge in [0.2, 0.25) is 0 Å². The topological polar surface area (TPSA) is 94.1 Å². The first-order valence-electron chi connectivity index (χ1n) is 9.51. The number of fused-ring (bicyclic) bond motifs is 1. The number of nitrogens with zero attached hydrogens (tertiary/aromatic N) is 2. The first kappa shape index (κ1) is 19.4. The Hall–Kier alpha value is -2.32. The van der Waals surface area contributed by atoms with Crippen LogP contribution in [0.25, 0.3) is 0 Å². The molecule has 1 saturated heterocycles. The van der Waals surface area contributed by atoms with Crippen molar-refractivity contribution < 1.29 is 19.4 Å². The average Bonchev–Trinajstić information content (AvgIpc) is 2.92. The third kappa shape index (κ3) is 5.33. The molecule has 27 heavy (non-hydrogen) atoms. The Morgan fingerprint density at radius 1 is 1.26 bits per heavy atom. The lowest BCUT2D eigenvalue weighted by Gasteiger charge is -2.26. The van der Waals surface area contributed by atoms with Gasteiger partial charge in [-0.25, -0.2) is 4.79 Å². The molecule has 0 aromatic heterocycles. The number of β-amino-alcohol motifs (C(OH)–C–C–N with tert-alkyl or cyclic N) is 1. The molecule has 0 radical (unpaired) electrons. The van der Waals surface area contributed by atoms with Gasteiger partial charge in [-0.05, 0) is 44.1 Å². The van der Waals surface area contributed by atoms with Gasteiger partial charge in [-0.3, -0.25) is 4.79 Å². The number of ether oxygens (including phenoxy) is 1. The number of rotatable bonds is 5. The Morgan fingerprint density at radius 3 is 2.74 bits per heavy atom. The minimum atomic E-state index is -0.602. The molecular formula is C19H28N4O4. The maximum absolute atomic E-state index is 12.1. The summed E-state index contributed by atoms with van der Waals surface area (Å²) in [5.41, 5.74) is 1.17. The van der Waals surface area contributed by atoms with Crippen LogP contribution < -0.4 is 20.3 Å². The van der Waals surface area contributed by atoms with E-state index in [4.69, 9.17) is 4.74 Å². The summed E-state index contributed by atoms with van der Waals surface area (Å²) in [6.07, 6.45) is 4.23. The third-order valence-corrected chi connectivity index (χ3v) is 4.97. The van der Waals surface area contributed by atoms with Crippen molar-refractivity contribution in [2.75, 3.05) is 50.1 Å². The maximum Gasteiger partial charge on any atom is 0.319 e. The quantitative estimate of drug-likeness (QED) is 0.722. The van der Waals surface area contributed by atoms with Crippen LogP contribution in [0.5, 0.6) is 5.75 Å². The lowest BCUT2D eigenvalue weighted by Crippen LogP contribution is -2.41. The summed E-state index contributed by atoms with van der Waals surface area (Å²) >= 11 is 0. The molecule has 3 rings (SSSR count). The largest absolute Gasteiger partial charge is 0.482 e. The van der Waals surface area contributed by atoms with Gasteiger partial charge in [-0.2, -0.15) is 0 Å². The number of likely N-dealkylation sites (tertiary alicyclic amines) is 1. The van der Waals surface area contributed by atoms with Gasteiger partial charge in [-0.15, -0.1) is 0 Å². The molecule has 148 valence electrons. The highest BCUT2D eigenvalue weighted by atomic mass is 16.5. The highest BCUT2D eigenvalue weighted by Gasteiger charge is 2.22. The first-order chi connectivity index (χ1) is 13.0. The smallest absolute Gasteiger partial charge is 0.319 e. The van der Waals surface area contributed by atoms with Crippen molar-refractivity contribution in [3.05, 3.63) is 18.2 Å².